The van der Waals surface area contributed by atoms with Crippen molar-refractivity contribution in [2.75, 3.05) is 13.7 Å². The van der Waals surface area contributed by atoms with Crippen molar-refractivity contribution in [3.05, 3.63) is 46.9 Å². The first-order valence-electron chi connectivity index (χ1n) is 9.77. The number of amides is 1. The van der Waals surface area contributed by atoms with Gasteiger partial charge in [0.1, 0.15) is 11.4 Å². The van der Waals surface area contributed by atoms with Crippen LogP contribution in [-0.4, -0.2) is 46.8 Å². The molecule has 7 heteroatoms. The quantitative estimate of drug-likeness (QED) is 0.821. The molecule has 3 heterocycles. The zero-order chi connectivity index (χ0) is 19.5. The lowest BCUT2D eigenvalue weighted by atomic mass is 9.92. The van der Waals surface area contributed by atoms with Gasteiger partial charge in [-0.2, -0.15) is 0 Å². The molecule has 2 aromatic heterocycles. The van der Waals surface area contributed by atoms with Crippen molar-refractivity contribution >= 4 is 5.91 Å². The van der Waals surface area contributed by atoms with Crippen LogP contribution in [0.5, 0.6) is 11.6 Å². The molecule has 2 aliphatic rings. The number of rotatable bonds is 5. The summed E-state index contributed by atoms with van der Waals surface area (Å²) in [6, 6.07) is 5.35. The Morgan fingerprint density at radius 3 is 2.96 bits per heavy atom. The Kier molecular flexibility index (Phi) is 5.43. The molecule has 1 saturated carbocycles. The zero-order valence-electron chi connectivity index (χ0n) is 16.0. The molecule has 0 radical (unpaired) electrons. The summed E-state index contributed by atoms with van der Waals surface area (Å²) in [4.78, 5) is 21.6. The molecule has 0 unspecified atom stereocenters. The monoisotopic (exact) mass is 383 g/mol. The average Bonchev–Trinajstić information content (AvgIpc) is 3.19. The largest absolute Gasteiger partial charge is 0.491 e. The van der Waals surface area contributed by atoms with Crippen LogP contribution in [0, 0.1) is 0 Å². The Bertz CT molecular complexity index is 853. The molecule has 0 saturated heterocycles. The van der Waals surface area contributed by atoms with E-state index in [4.69, 9.17) is 9.47 Å². The van der Waals surface area contributed by atoms with E-state index in [1.807, 2.05) is 12.1 Å². The number of methoxy groups -OCH3 is 1. The molecule has 0 bridgehead atoms. The average molecular weight is 383 g/mol. The van der Waals surface area contributed by atoms with Crippen LogP contribution in [0.1, 0.15) is 53.0 Å². The first-order chi connectivity index (χ1) is 13.6. The van der Waals surface area contributed by atoms with E-state index in [9.17, 15) is 9.90 Å². The van der Waals surface area contributed by atoms with Gasteiger partial charge in [0.25, 0.3) is 5.91 Å². The molecule has 2 atom stereocenters. The van der Waals surface area contributed by atoms with E-state index in [1.165, 1.54) is 0 Å². The van der Waals surface area contributed by atoms with E-state index in [2.05, 4.69) is 15.3 Å². The van der Waals surface area contributed by atoms with Crippen LogP contribution in [0.3, 0.4) is 0 Å². The summed E-state index contributed by atoms with van der Waals surface area (Å²) in [7, 11) is 1.58. The van der Waals surface area contributed by atoms with Crippen molar-refractivity contribution in [3.8, 4) is 11.6 Å². The highest BCUT2D eigenvalue weighted by Crippen LogP contribution is 2.31. The zero-order valence-corrected chi connectivity index (χ0v) is 16.0. The van der Waals surface area contributed by atoms with Crippen molar-refractivity contribution in [1.29, 1.82) is 0 Å². The number of hydrogen-bond acceptors (Lipinski definition) is 6. The molecule has 1 aliphatic carbocycles. The summed E-state index contributed by atoms with van der Waals surface area (Å²) in [6.07, 6.45) is 6.10. The third-order valence-corrected chi connectivity index (χ3v) is 5.39. The fourth-order valence-corrected chi connectivity index (χ4v) is 3.87. The number of fused-ring (bicyclic) bond motifs is 1. The van der Waals surface area contributed by atoms with Gasteiger partial charge in [-0.05, 0) is 24.5 Å². The SMILES string of the molecule is COc1ccc(Cc2cc(C(=O)N[C@H]3CCCC[C@@H]3O)nc3c2OCC3)cn1. The van der Waals surface area contributed by atoms with Gasteiger partial charge in [0.2, 0.25) is 5.88 Å². The second kappa shape index (κ2) is 8.14. The Balaban J connectivity index is 1.56. The minimum Gasteiger partial charge on any atom is -0.491 e. The van der Waals surface area contributed by atoms with Gasteiger partial charge in [-0.25, -0.2) is 9.97 Å². The number of aliphatic hydroxyl groups excluding tert-OH is 1. The molecule has 148 valence electrons. The Morgan fingerprint density at radius 2 is 2.21 bits per heavy atom. The summed E-state index contributed by atoms with van der Waals surface area (Å²) < 4.78 is 10.9. The molecule has 1 fully saturated rings. The molecule has 2 N–H and O–H groups in total. The second-order valence-electron chi connectivity index (χ2n) is 7.36. The molecule has 1 aliphatic heterocycles. The number of carbonyl (C=O) groups is 1. The van der Waals surface area contributed by atoms with Gasteiger partial charge in [-0.15, -0.1) is 0 Å². The standard InChI is InChI=1S/C21H25N3O4/c1-27-19-7-6-13(12-22-19)10-14-11-17(23-16-8-9-28-20(14)16)21(26)24-15-4-2-3-5-18(15)25/h6-7,11-12,15,18,25H,2-5,8-10H2,1H3,(H,24,26)/t15-,18-/m0/s1. The lowest BCUT2D eigenvalue weighted by Gasteiger charge is -2.28. The van der Waals surface area contributed by atoms with Gasteiger partial charge >= 0.3 is 0 Å². The molecular weight excluding hydrogens is 358 g/mol. The van der Waals surface area contributed by atoms with E-state index < -0.39 is 6.10 Å². The third-order valence-electron chi connectivity index (χ3n) is 5.39. The van der Waals surface area contributed by atoms with Crippen LogP contribution in [0.25, 0.3) is 0 Å². The van der Waals surface area contributed by atoms with Crippen molar-refractivity contribution in [1.82, 2.24) is 15.3 Å². The topological polar surface area (TPSA) is 93.6 Å². The summed E-state index contributed by atoms with van der Waals surface area (Å²) in [6.45, 7) is 0.572. The fraction of sp³-hybridized carbons (Fsp3) is 0.476. The minimum absolute atomic E-state index is 0.207. The van der Waals surface area contributed by atoms with E-state index in [0.29, 0.717) is 31.0 Å². The predicted molar refractivity (Wildman–Crippen MR) is 103 cm³/mol. The van der Waals surface area contributed by atoms with Crippen molar-refractivity contribution in [3.63, 3.8) is 0 Å². The number of nitrogens with zero attached hydrogens (tertiary/aromatic N) is 2. The molecule has 0 spiro atoms. The van der Waals surface area contributed by atoms with Crippen LogP contribution in [0.2, 0.25) is 0 Å². The van der Waals surface area contributed by atoms with Crippen LogP contribution in [0.15, 0.2) is 24.4 Å². The number of carbonyl (C=O) groups excluding carboxylic acids is 1. The van der Waals surface area contributed by atoms with Crippen molar-refractivity contribution < 1.29 is 19.4 Å². The summed E-state index contributed by atoms with van der Waals surface area (Å²) in [5.41, 5.74) is 3.11. The lowest BCUT2D eigenvalue weighted by Crippen LogP contribution is -2.45. The molecule has 1 amide bonds. The number of aliphatic hydroxyl groups is 1. The maximum atomic E-state index is 12.8. The molecular formula is C21H25N3O4. The Morgan fingerprint density at radius 1 is 1.36 bits per heavy atom. The number of nitrogens with one attached hydrogen (secondary N) is 1. The summed E-state index contributed by atoms with van der Waals surface area (Å²) in [5, 5.41) is 13.1. The van der Waals surface area contributed by atoms with Crippen LogP contribution < -0.4 is 14.8 Å². The van der Waals surface area contributed by atoms with Crippen molar-refractivity contribution in [2.24, 2.45) is 0 Å². The van der Waals surface area contributed by atoms with Gasteiger partial charge < -0.3 is 19.9 Å². The Hall–Kier alpha value is -2.67. The maximum Gasteiger partial charge on any atom is 0.270 e. The van der Waals surface area contributed by atoms with Crippen LogP contribution in [0.4, 0.5) is 0 Å². The number of aromatic nitrogens is 2. The second-order valence-corrected chi connectivity index (χ2v) is 7.36. The molecule has 7 nitrogen and oxygen atoms in total. The number of ether oxygens (including phenoxy) is 2. The first-order valence-corrected chi connectivity index (χ1v) is 9.77. The summed E-state index contributed by atoms with van der Waals surface area (Å²) >= 11 is 0. The van der Waals surface area contributed by atoms with Gasteiger partial charge in [0.05, 0.1) is 31.6 Å². The third kappa shape index (κ3) is 3.94. The molecule has 28 heavy (non-hydrogen) atoms. The fourth-order valence-electron chi connectivity index (χ4n) is 3.87. The highest BCUT2D eigenvalue weighted by atomic mass is 16.5. The first kappa shape index (κ1) is 18.7. The molecule has 4 rings (SSSR count). The highest BCUT2D eigenvalue weighted by Gasteiger charge is 2.27. The van der Waals surface area contributed by atoms with E-state index in [0.717, 1.165) is 48.3 Å². The molecule has 0 aromatic carbocycles. The van der Waals surface area contributed by atoms with Gasteiger partial charge in [-0.1, -0.05) is 18.9 Å². The minimum atomic E-state index is -0.486. The van der Waals surface area contributed by atoms with Crippen molar-refractivity contribution in [2.45, 2.75) is 50.7 Å². The van der Waals surface area contributed by atoms with Gasteiger partial charge in [0.15, 0.2) is 0 Å². The number of hydrogen-bond donors (Lipinski definition) is 2. The van der Waals surface area contributed by atoms with E-state index in [1.54, 1.807) is 19.4 Å². The van der Waals surface area contributed by atoms with Gasteiger partial charge in [0, 0.05) is 30.7 Å². The van der Waals surface area contributed by atoms with E-state index in [-0.39, 0.29) is 11.9 Å². The lowest BCUT2D eigenvalue weighted by molar-refractivity contribution is 0.0713. The van der Waals surface area contributed by atoms with Crippen LogP contribution in [-0.2, 0) is 12.8 Å². The molecule has 2 aromatic rings. The highest BCUT2D eigenvalue weighted by molar-refractivity contribution is 5.93. The smallest absolute Gasteiger partial charge is 0.270 e. The normalized spacial score (nSPS) is 20.9. The number of pyridine rings is 2. The Labute approximate surface area is 164 Å². The van der Waals surface area contributed by atoms with E-state index >= 15 is 0 Å². The van der Waals surface area contributed by atoms with Crippen LogP contribution >= 0.6 is 0 Å². The maximum absolute atomic E-state index is 12.8. The predicted octanol–water partition coefficient (Wildman–Crippen LogP) is 2.04. The van der Waals surface area contributed by atoms with Gasteiger partial charge in [-0.3, -0.25) is 4.79 Å². The summed E-state index contributed by atoms with van der Waals surface area (Å²) in [5.74, 6) is 1.09.